The monoisotopic (exact) mass is 450 g/mol. The van der Waals surface area contributed by atoms with Gasteiger partial charge in [0.05, 0.1) is 34.7 Å². The van der Waals surface area contributed by atoms with E-state index in [9.17, 15) is 9.59 Å². The summed E-state index contributed by atoms with van der Waals surface area (Å²) in [6.07, 6.45) is 3.26. The summed E-state index contributed by atoms with van der Waals surface area (Å²) in [4.78, 5) is 31.5. The summed E-state index contributed by atoms with van der Waals surface area (Å²) in [6, 6.07) is 11.0. The lowest BCUT2D eigenvalue weighted by molar-refractivity contribution is -0.139. The molecule has 0 fully saturated rings. The third-order valence-corrected chi connectivity index (χ3v) is 6.41. The van der Waals surface area contributed by atoms with Crippen molar-refractivity contribution in [1.29, 1.82) is 0 Å². The van der Waals surface area contributed by atoms with E-state index in [0.717, 1.165) is 5.56 Å². The average molecular weight is 451 g/mol. The number of nitrogens with zero attached hydrogens (tertiary/aromatic N) is 2. The quantitative estimate of drug-likeness (QED) is 0.569. The summed E-state index contributed by atoms with van der Waals surface area (Å²) < 4.78 is 12.8. The van der Waals surface area contributed by atoms with Gasteiger partial charge in [0, 0.05) is 6.08 Å². The summed E-state index contributed by atoms with van der Waals surface area (Å²) in [5.41, 5.74) is 2.72. The van der Waals surface area contributed by atoms with Crippen LogP contribution in [-0.2, 0) is 14.9 Å². The molecule has 1 aliphatic rings. The number of rotatable bonds is 4. The van der Waals surface area contributed by atoms with E-state index in [1.807, 2.05) is 24.3 Å². The Hall–Kier alpha value is -3.19. The van der Waals surface area contributed by atoms with Gasteiger partial charge in [0.15, 0.2) is 4.80 Å². The molecule has 2 aromatic heterocycles. The molecule has 0 radical (unpaired) electrons. The molecule has 6 nitrogen and oxygen atoms in total. The maximum absolute atomic E-state index is 13.4. The minimum Gasteiger partial charge on any atom is -0.465 e. The van der Waals surface area contributed by atoms with Crippen LogP contribution in [0.2, 0.25) is 0 Å². The van der Waals surface area contributed by atoms with Crippen LogP contribution < -0.4 is 14.9 Å². The van der Waals surface area contributed by atoms with E-state index in [-0.39, 0.29) is 17.6 Å². The molecule has 4 rings (SSSR count). The van der Waals surface area contributed by atoms with E-state index in [2.05, 4.69) is 25.8 Å². The Balaban J connectivity index is 1.94. The second-order valence-corrected chi connectivity index (χ2v) is 9.70. The number of fused-ring (bicyclic) bond motifs is 1. The Morgan fingerprint density at radius 3 is 2.56 bits per heavy atom. The van der Waals surface area contributed by atoms with E-state index in [1.165, 1.54) is 16.9 Å². The topological polar surface area (TPSA) is 73.8 Å². The fourth-order valence-corrected chi connectivity index (χ4v) is 4.80. The maximum Gasteiger partial charge on any atom is 0.338 e. The summed E-state index contributed by atoms with van der Waals surface area (Å²) in [7, 11) is 0. The summed E-state index contributed by atoms with van der Waals surface area (Å²) in [5.74, 6) is 0.127. The number of benzene rings is 1. The first-order valence-electron chi connectivity index (χ1n) is 10.5. The van der Waals surface area contributed by atoms with Crippen molar-refractivity contribution >= 4 is 23.4 Å². The van der Waals surface area contributed by atoms with E-state index >= 15 is 0 Å². The third kappa shape index (κ3) is 4.00. The lowest BCUT2D eigenvalue weighted by atomic mass is 9.85. The zero-order valence-corrected chi connectivity index (χ0v) is 19.7. The molecule has 32 heavy (non-hydrogen) atoms. The molecular formula is C25H26N2O4S. The van der Waals surface area contributed by atoms with Crippen LogP contribution in [0.4, 0.5) is 0 Å². The number of hydrogen-bond acceptors (Lipinski definition) is 6. The lowest BCUT2D eigenvalue weighted by Crippen LogP contribution is -2.40. The zero-order valence-electron chi connectivity index (χ0n) is 18.8. The summed E-state index contributed by atoms with van der Waals surface area (Å²) >= 11 is 1.28. The molecule has 7 heteroatoms. The smallest absolute Gasteiger partial charge is 0.338 e. The Kier molecular flexibility index (Phi) is 5.77. The molecular weight excluding hydrogens is 424 g/mol. The molecule has 3 aromatic rings. The van der Waals surface area contributed by atoms with Crippen LogP contribution in [-0.4, -0.2) is 17.1 Å². The summed E-state index contributed by atoms with van der Waals surface area (Å²) in [6.45, 7) is 10.2. The van der Waals surface area contributed by atoms with Crippen molar-refractivity contribution in [2.24, 2.45) is 4.99 Å². The molecule has 1 atom stereocenters. The molecule has 0 bridgehead atoms. The number of furan rings is 1. The molecule has 1 aromatic carbocycles. The van der Waals surface area contributed by atoms with Gasteiger partial charge in [-0.3, -0.25) is 9.36 Å². The molecule has 0 amide bonds. The van der Waals surface area contributed by atoms with Crippen LogP contribution >= 0.6 is 11.3 Å². The number of allylic oxidation sites excluding steroid dienone is 1. The second-order valence-electron chi connectivity index (χ2n) is 8.69. The second kappa shape index (κ2) is 8.39. The van der Waals surface area contributed by atoms with Crippen molar-refractivity contribution in [1.82, 2.24) is 4.57 Å². The Morgan fingerprint density at radius 2 is 1.97 bits per heavy atom. The van der Waals surface area contributed by atoms with Gasteiger partial charge in [-0.15, -0.1) is 0 Å². The number of esters is 1. The number of hydrogen-bond donors (Lipinski definition) is 0. The van der Waals surface area contributed by atoms with Crippen LogP contribution in [0.5, 0.6) is 0 Å². The molecule has 0 spiro atoms. The first-order chi connectivity index (χ1) is 15.2. The standard InChI is InChI=1S/C25H26N2O4S/c1-6-30-23(29)20-15(2)26-24-27(22(28)19(32-24)14-18-8-7-13-31-18)21(20)16-9-11-17(12-10-16)25(3,4)5/h7-14,21H,6H2,1-5H3. The molecule has 166 valence electrons. The Labute approximate surface area is 190 Å². The highest BCUT2D eigenvalue weighted by atomic mass is 32.1. The Bertz CT molecular complexity index is 1350. The van der Waals surface area contributed by atoms with Crippen molar-refractivity contribution in [3.05, 3.63) is 90.5 Å². The number of ether oxygens (including phenoxy) is 1. The van der Waals surface area contributed by atoms with Crippen molar-refractivity contribution in [3.8, 4) is 0 Å². The molecule has 1 unspecified atom stereocenters. The SMILES string of the molecule is CCOC(=O)C1=C(C)N=c2sc(=Cc3ccco3)c(=O)n2C1c1ccc(C(C)(C)C)cc1. The van der Waals surface area contributed by atoms with Gasteiger partial charge < -0.3 is 9.15 Å². The van der Waals surface area contributed by atoms with Crippen LogP contribution in [0, 0.1) is 0 Å². The minimum atomic E-state index is -0.613. The molecule has 0 aliphatic carbocycles. The van der Waals surface area contributed by atoms with Gasteiger partial charge in [-0.2, -0.15) is 0 Å². The highest BCUT2D eigenvalue weighted by Gasteiger charge is 2.33. The van der Waals surface area contributed by atoms with Gasteiger partial charge in [0.1, 0.15) is 5.76 Å². The van der Waals surface area contributed by atoms with Gasteiger partial charge >= 0.3 is 5.97 Å². The molecule has 0 saturated heterocycles. The number of carbonyl (C=O) groups excluding carboxylic acids is 1. The molecule has 0 saturated carbocycles. The maximum atomic E-state index is 13.4. The van der Waals surface area contributed by atoms with Crippen LogP contribution in [0.1, 0.15) is 57.5 Å². The van der Waals surface area contributed by atoms with Crippen LogP contribution in [0.25, 0.3) is 6.08 Å². The van der Waals surface area contributed by atoms with E-state index < -0.39 is 12.0 Å². The normalized spacial score (nSPS) is 16.7. The fourth-order valence-electron chi connectivity index (χ4n) is 3.77. The van der Waals surface area contributed by atoms with E-state index in [0.29, 0.717) is 26.4 Å². The van der Waals surface area contributed by atoms with Crippen molar-refractivity contribution < 1.29 is 13.9 Å². The minimum absolute atomic E-state index is 0.00823. The first kappa shape index (κ1) is 22.0. The van der Waals surface area contributed by atoms with E-state index in [1.54, 1.807) is 42.9 Å². The van der Waals surface area contributed by atoms with Gasteiger partial charge in [0.2, 0.25) is 0 Å². The zero-order chi connectivity index (χ0) is 23.0. The largest absolute Gasteiger partial charge is 0.465 e. The predicted molar refractivity (Wildman–Crippen MR) is 124 cm³/mol. The number of carbonyl (C=O) groups is 1. The van der Waals surface area contributed by atoms with E-state index in [4.69, 9.17) is 9.15 Å². The average Bonchev–Trinajstić information content (AvgIpc) is 3.35. The van der Waals surface area contributed by atoms with Crippen molar-refractivity contribution in [2.75, 3.05) is 6.61 Å². The highest BCUT2D eigenvalue weighted by Crippen LogP contribution is 2.32. The Morgan fingerprint density at radius 1 is 1.25 bits per heavy atom. The fraction of sp³-hybridized carbons (Fsp3) is 0.320. The van der Waals surface area contributed by atoms with Crippen molar-refractivity contribution in [3.63, 3.8) is 0 Å². The number of thiazole rings is 1. The predicted octanol–water partition coefficient (Wildman–Crippen LogP) is 3.69. The molecule has 3 heterocycles. The third-order valence-electron chi connectivity index (χ3n) is 5.43. The molecule has 1 aliphatic heterocycles. The van der Waals surface area contributed by atoms with Gasteiger partial charge in [0.25, 0.3) is 5.56 Å². The molecule has 0 N–H and O–H groups in total. The van der Waals surface area contributed by atoms with Crippen LogP contribution in [0.3, 0.4) is 0 Å². The highest BCUT2D eigenvalue weighted by molar-refractivity contribution is 7.07. The van der Waals surface area contributed by atoms with Gasteiger partial charge in [-0.05, 0) is 42.5 Å². The number of aromatic nitrogens is 1. The lowest BCUT2D eigenvalue weighted by Gasteiger charge is -2.26. The summed E-state index contributed by atoms with van der Waals surface area (Å²) in [5, 5.41) is 0. The van der Waals surface area contributed by atoms with Gasteiger partial charge in [-0.25, -0.2) is 9.79 Å². The van der Waals surface area contributed by atoms with Crippen molar-refractivity contribution in [2.45, 2.75) is 46.1 Å². The van der Waals surface area contributed by atoms with Gasteiger partial charge in [-0.1, -0.05) is 56.4 Å². The van der Waals surface area contributed by atoms with Crippen LogP contribution in [0.15, 0.2) is 68.1 Å². The first-order valence-corrected chi connectivity index (χ1v) is 11.4.